The Morgan fingerprint density at radius 3 is 2.56 bits per heavy atom. The van der Waals surface area contributed by atoms with Gasteiger partial charge >= 0.3 is 0 Å². The summed E-state index contributed by atoms with van der Waals surface area (Å²) in [5, 5.41) is 2.82. The molecule has 0 aromatic heterocycles. The SMILES string of the molecule is CCCCS(=O)(=O)N(C[C@H]1CCC(=O)N1)C(C)C. The van der Waals surface area contributed by atoms with E-state index < -0.39 is 10.0 Å². The Morgan fingerprint density at radius 1 is 1.44 bits per heavy atom. The fraction of sp³-hybridized carbons (Fsp3) is 0.917. The summed E-state index contributed by atoms with van der Waals surface area (Å²) < 4.78 is 26.0. The minimum atomic E-state index is -3.21. The van der Waals surface area contributed by atoms with Gasteiger partial charge in [0.15, 0.2) is 0 Å². The van der Waals surface area contributed by atoms with Gasteiger partial charge in [0.25, 0.3) is 0 Å². The summed E-state index contributed by atoms with van der Waals surface area (Å²) in [7, 11) is -3.21. The summed E-state index contributed by atoms with van der Waals surface area (Å²) in [5.41, 5.74) is 0. The molecule has 1 amide bonds. The minimum absolute atomic E-state index is 0.0228. The molecule has 1 aliphatic rings. The van der Waals surface area contributed by atoms with Crippen molar-refractivity contribution in [1.29, 1.82) is 0 Å². The van der Waals surface area contributed by atoms with Crippen molar-refractivity contribution in [2.75, 3.05) is 12.3 Å². The van der Waals surface area contributed by atoms with Crippen LogP contribution in [0, 0.1) is 0 Å². The smallest absolute Gasteiger partial charge is 0.220 e. The lowest BCUT2D eigenvalue weighted by molar-refractivity contribution is -0.119. The van der Waals surface area contributed by atoms with Gasteiger partial charge in [-0.15, -0.1) is 0 Å². The predicted molar refractivity (Wildman–Crippen MR) is 71.7 cm³/mol. The second-order valence-corrected chi connectivity index (χ2v) is 7.18. The second kappa shape index (κ2) is 6.52. The van der Waals surface area contributed by atoms with Crippen molar-refractivity contribution < 1.29 is 13.2 Å². The Kier molecular flexibility index (Phi) is 5.59. The highest BCUT2D eigenvalue weighted by atomic mass is 32.2. The largest absolute Gasteiger partial charge is 0.352 e. The number of nitrogens with one attached hydrogen (secondary N) is 1. The summed E-state index contributed by atoms with van der Waals surface area (Å²) in [6, 6.07) is -0.0966. The number of amides is 1. The van der Waals surface area contributed by atoms with Crippen molar-refractivity contribution >= 4 is 15.9 Å². The van der Waals surface area contributed by atoms with Crippen LogP contribution in [0.2, 0.25) is 0 Å². The summed E-state index contributed by atoms with van der Waals surface area (Å²) in [6.07, 6.45) is 2.78. The zero-order chi connectivity index (χ0) is 13.8. The molecule has 0 spiro atoms. The van der Waals surface area contributed by atoms with Crippen LogP contribution < -0.4 is 5.32 Å². The first-order chi connectivity index (χ1) is 8.36. The first-order valence-corrected chi connectivity index (χ1v) is 8.26. The summed E-state index contributed by atoms with van der Waals surface area (Å²) >= 11 is 0. The van der Waals surface area contributed by atoms with E-state index in [1.165, 1.54) is 4.31 Å². The molecule has 0 bridgehead atoms. The van der Waals surface area contributed by atoms with Crippen molar-refractivity contribution in [3.8, 4) is 0 Å². The Bertz CT molecular complexity index is 379. The Hall–Kier alpha value is -0.620. The fourth-order valence-corrected chi connectivity index (χ4v) is 4.06. The van der Waals surface area contributed by atoms with Gasteiger partial charge < -0.3 is 5.32 Å². The molecular formula is C12H24N2O3S. The number of nitrogens with zero attached hydrogens (tertiary/aromatic N) is 1. The van der Waals surface area contributed by atoms with Crippen LogP contribution >= 0.6 is 0 Å². The van der Waals surface area contributed by atoms with E-state index in [1.807, 2.05) is 20.8 Å². The fourth-order valence-electron chi connectivity index (χ4n) is 2.12. The molecule has 6 heteroatoms. The van der Waals surface area contributed by atoms with E-state index in [0.717, 1.165) is 12.8 Å². The molecule has 0 aromatic rings. The molecule has 0 saturated carbocycles. The van der Waals surface area contributed by atoms with Crippen molar-refractivity contribution in [1.82, 2.24) is 9.62 Å². The van der Waals surface area contributed by atoms with E-state index in [-0.39, 0.29) is 23.7 Å². The molecule has 1 aliphatic heterocycles. The van der Waals surface area contributed by atoms with Crippen molar-refractivity contribution in [3.63, 3.8) is 0 Å². The molecule has 18 heavy (non-hydrogen) atoms. The number of carbonyl (C=O) groups excluding carboxylic acids is 1. The van der Waals surface area contributed by atoms with Crippen molar-refractivity contribution in [2.45, 2.75) is 58.5 Å². The Labute approximate surface area is 110 Å². The molecular weight excluding hydrogens is 252 g/mol. The number of sulfonamides is 1. The summed E-state index contributed by atoms with van der Waals surface area (Å²) in [6.45, 7) is 6.13. The van der Waals surface area contributed by atoms with Crippen LogP contribution in [0.15, 0.2) is 0 Å². The van der Waals surface area contributed by atoms with Gasteiger partial charge in [-0.25, -0.2) is 8.42 Å². The number of hydrogen-bond donors (Lipinski definition) is 1. The lowest BCUT2D eigenvalue weighted by atomic mass is 10.2. The number of hydrogen-bond acceptors (Lipinski definition) is 3. The molecule has 1 rings (SSSR count). The standard InChI is InChI=1S/C12H24N2O3S/c1-4-5-8-18(16,17)14(10(2)3)9-11-6-7-12(15)13-11/h10-11H,4-9H2,1-3H3,(H,13,15)/t11-/m1/s1. The molecule has 0 unspecified atom stereocenters. The first kappa shape index (κ1) is 15.4. The van der Waals surface area contributed by atoms with Crippen LogP contribution in [0.3, 0.4) is 0 Å². The molecule has 0 aliphatic carbocycles. The quantitative estimate of drug-likeness (QED) is 0.757. The van der Waals surface area contributed by atoms with Crippen LogP contribution in [0.4, 0.5) is 0 Å². The zero-order valence-corrected chi connectivity index (χ0v) is 12.3. The molecule has 5 nitrogen and oxygen atoms in total. The molecule has 1 heterocycles. The third-order valence-electron chi connectivity index (χ3n) is 3.17. The van der Waals surface area contributed by atoms with E-state index in [0.29, 0.717) is 19.4 Å². The van der Waals surface area contributed by atoms with Gasteiger partial charge in [-0.05, 0) is 26.7 Å². The van der Waals surface area contributed by atoms with Crippen molar-refractivity contribution in [2.24, 2.45) is 0 Å². The molecule has 0 radical (unpaired) electrons. The van der Waals surface area contributed by atoms with E-state index in [9.17, 15) is 13.2 Å². The monoisotopic (exact) mass is 276 g/mol. The lowest BCUT2D eigenvalue weighted by Gasteiger charge is -2.28. The van der Waals surface area contributed by atoms with E-state index in [2.05, 4.69) is 5.32 Å². The van der Waals surface area contributed by atoms with E-state index >= 15 is 0 Å². The average molecular weight is 276 g/mol. The van der Waals surface area contributed by atoms with Crippen molar-refractivity contribution in [3.05, 3.63) is 0 Å². The van der Waals surface area contributed by atoms with Crippen LogP contribution in [0.25, 0.3) is 0 Å². The maximum Gasteiger partial charge on any atom is 0.220 e. The maximum atomic E-state index is 12.2. The molecule has 1 fully saturated rings. The van der Waals surface area contributed by atoms with Gasteiger partial charge in [0.2, 0.25) is 15.9 Å². The van der Waals surface area contributed by atoms with Gasteiger partial charge in [0.1, 0.15) is 0 Å². The molecule has 1 saturated heterocycles. The van der Waals surface area contributed by atoms with Crippen LogP contribution in [-0.2, 0) is 14.8 Å². The highest BCUT2D eigenvalue weighted by Gasteiger charge is 2.30. The van der Waals surface area contributed by atoms with Gasteiger partial charge in [-0.1, -0.05) is 13.3 Å². The third-order valence-corrected chi connectivity index (χ3v) is 5.26. The molecule has 1 N–H and O–H groups in total. The minimum Gasteiger partial charge on any atom is -0.352 e. The highest BCUT2D eigenvalue weighted by molar-refractivity contribution is 7.89. The van der Waals surface area contributed by atoms with Crippen LogP contribution in [-0.4, -0.2) is 43.0 Å². The number of rotatable bonds is 7. The van der Waals surface area contributed by atoms with Crippen LogP contribution in [0.1, 0.15) is 46.5 Å². The molecule has 0 aromatic carbocycles. The van der Waals surface area contributed by atoms with Gasteiger partial charge in [0.05, 0.1) is 5.75 Å². The Balaban J connectivity index is 2.67. The maximum absolute atomic E-state index is 12.2. The first-order valence-electron chi connectivity index (χ1n) is 6.65. The van der Waals surface area contributed by atoms with E-state index in [4.69, 9.17) is 0 Å². The van der Waals surface area contributed by atoms with Gasteiger partial charge in [-0.2, -0.15) is 4.31 Å². The topological polar surface area (TPSA) is 66.5 Å². The second-order valence-electron chi connectivity index (χ2n) is 5.14. The zero-order valence-electron chi connectivity index (χ0n) is 11.5. The number of carbonyl (C=O) groups is 1. The predicted octanol–water partition coefficient (Wildman–Crippen LogP) is 1.11. The Morgan fingerprint density at radius 2 is 2.11 bits per heavy atom. The number of unbranched alkanes of at least 4 members (excludes halogenated alkanes) is 1. The summed E-state index contributed by atoms with van der Waals surface area (Å²) in [4.78, 5) is 11.1. The van der Waals surface area contributed by atoms with E-state index in [1.54, 1.807) is 0 Å². The highest BCUT2D eigenvalue weighted by Crippen LogP contribution is 2.15. The summed E-state index contributed by atoms with van der Waals surface area (Å²) in [5.74, 6) is 0.220. The molecule has 1 atom stereocenters. The normalized spacial score (nSPS) is 20.7. The van der Waals surface area contributed by atoms with Gasteiger partial charge in [-0.3, -0.25) is 4.79 Å². The van der Waals surface area contributed by atoms with Crippen LogP contribution in [0.5, 0.6) is 0 Å². The lowest BCUT2D eigenvalue weighted by Crippen LogP contribution is -2.46. The third kappa shape index (κ3) is 4.24. The average Bonchev–Trinajstić information content (AvgIpc) is 2.68. The van der Waals surface area contributed by atoms with Gasteiger partial charge in [0, 0.05) is 25.0 Å². The molecule has 106 valence electrons.